The summed E-state index contributed by atoms with van der Waals surface area (Å²) in [5.41, 5.74) is 1.19. The Morgan fingerprint density at radius 1 is 0.919 bits per heavy atom. The number of ether oxygens (including phenoxy) is 1. The van der Waals surface area contributed by atoms with Gasteiger partial charge in [-0.05, 0) is 73.7 Å². The number of anilines is 3. The van der Waals surface area contributed by atoms with Crippen LogP contribution in [0.1, 0.15) is 27.6 Å². The van der Waals surface area contributed by atoms with Crippen LogP contribution in [0.4, 0.5) is 17.1 Å². The summed E-state index contributed by atoms with van der Waals surface area (Å²) in [6.45, 7) is 1.90. The van der Waals surface area contributed by atoms with Gasteiger partial charge in [0.15, 0.2) is 0 Å². The van der Waals surface area contributed by atoms with Crippen molar-refractivity contribution in [3.63, 3.8) is 0 Å². The molecule has 188 valence electrons. The lowest BCUT2D eigenvalue weighted by atomic mass is 10.1. The van der Waals surface area contributed by atoms with Crippen LogP contribution in [-0.2, 0) is 14.3 Å². The van der Waals surface area contributed by atoms with Crippen LogP contribution in [0.15, 0.2) is 77.5 Å². The van der Waals surface area contributed by atoms with Gasteiger partial charge in [-0.2, -0.15) is 0 Å². The summed E-state index contributed by atoms with van der Waals surface area (Å²) in [5, 5.41) is 15.3. The zero-order chi connectivity index (χ0) is 26.7. The summed E-state index contributed by atoms with van der Waals surface area (Å²) in [7, 11) is 0. The summed E-state index contributed by atoms with van der Waals surface area (Å²) in [5.74, 6) is -2.56. The first-order valence-corrected chi connectivity index (χ1v) is 11.7. The van der Waals surface area contributed by atoms with E-state index in [1.807, 2.05) is 0 Å². The van der Waals surface area contributed by atoms with Gasteiger partial charge in [0, 0.05) is 16.3 Å². The summed E-state index contributed by atoms with van der Waals surface area (Å²) in [4.78, 5) is 51.0. The van der Waals surface area contributed by atoms with Gasteiger partial charge >= 0.3 is 5.97 Å². The molecule has 0 unspecified atom stereocenters. The van der Waals surface area contributed by atoms with E-state index < -0.39 is 23.7 Å². The highest BCUT2D eigenvalue weighted by atomic mass is 35.5. The van der Waals surface area contributed by atoms with E-state index in [-0.39, 0.29) is 45.6 Å². The van der Waals surface area contributed by atoms with Gasteiger partial charge in [0.05, 0.1) is 23.5 Å². The van der Waals surface area contributed by atoms with E-state index in [1.54, 1.807) is 6.92 Å². The average Bonchev–Trinajstić information content (AvgIpc) is 3.09. The molecule has 9 nitrogen and oxygen atoms in total. The maximum Gasteiger partial charge on any atom is 0.338 e. The van der Waals surface area contributed by atoms with E-state index in [4.69, 9.17) is 27.9 Å². The average molecular weight is 540 g/mol. The van der Waals surface area contributed by atoms with Gasteiger partial charge in [0.25, 0.3) is 17.7 Å². The minimum atomic E-state index is -0.727. The highest BCUT2D eigenvalue weighted by Gasteiger charge is 2.39. The standard InChI is InChI=1S/C26H19Cl2N3O6/c1-2-37-26(36)15-5-10-18(11-6-15)31-24(34)21(28)22(25(31)35)29-17-8-3-14(4-9-17)23(33)30-19-13-16(27)7-12-20(19)32/h3-13,29,32H,2H2,1H3,(H,30,33). The Bertz CT molecular complexity index is 1440. The topological polar surface area (TPSA) is 125 Å². The fraction of sp³-hybridized carbons (Fsp3) is 0.0769. The zero-order valence-electron chi connectivity index (χ0n) is 19.2. The molecule has 0 spiro atoms. The fourth-order valence-electron chi connectivity index (χ4n) is 3.46. The monoisotopic (exact) mass is 539 g/mol. The van der Waals surface area contributed by atoms with Crippen LogP contribution in [-0.4, -0.2) is 35.4 Å². The molecule has 3 N–H and O–H groups in total. The SMILES string of the molecule is CCOC(=O)c1ccc(N2C(=O)C(Cl)=C(Nc3ccc(C(=O)Nc4cc(Cl)ccc4O)cc3)C2=O)cc1. The third kappa shape index (κ3) is 5.42. The molecular formula is C26H19Cl2N3O6. The van der Waals surface area contributed by atoms with Crippen LogP contribution >= 0.6 is 23.2 Å². The second-order valence-corrected chi connectivity index (χ2v) is 8.53. The van der Waals surface area contributed by atoms with Gasteiger partial charge in [-0.25, -0.2) is 9.69 Å². The molecule has 1 heterocycles. The molecule has 1 aliphatic rings. The Kier molecular flexibility index (Phi) is 7.47. The number of hydrogen-bond donors (Lipinski definition) is 3. The van der Waals surface area contributed by atoms with Crippen LogP contribution in [0, 0.1) is 0 Å². The lowest BCUT2D eigenvalue weighted by Crippen LogP contribution is -2.32. The Hall–Kier alpha value is -4.34. The van der Waals surface area contributed by atoms with E-state index in [9.17, 15) is 24.3 Å². The van der Waals surface area contributed by atoms with Gasteiger partial charge in [0.1, 0.15) is 16.5 Å². The Morgan fingerprint density at radius 3 is 2.22 bits per heavy atom. The molecule has 3 amide bonds. The van der Waals surface area contributed by atoms with E-state index in [0.29, 0.717) is 10.7 Å². The number of esters is 1. The van der Waals surface area contributed by atoms with Crippen molar-refractivity contribution in [3.8, 4) is 5.75 Å². The molecule has 0 fully saturated rings. The number of phenols is 1. The lowest BCUT2D eigenvalue weighted by Gasteiger charge is -2.15. The van der Waals surface area contributed by atoms with Crippen molar-refractivity contribution in [3.05, 3.63) is 93.6 Å². The molecule has 11 heteroatoms. The summed E-state index contributed by atoms with van der Waals surface area (Å²) in [6.07, 6.45) is 0. The highest BCUT2D eigenvalue weighted by molar-refractivity contribution is 6.53. The molecule has 3 aromatic carbocycles. The molecule has 0 bridgehead atoms. The second-order valence-electron chi connectivity index (χ2n) is 7.72. The number of amides is 3. The van der Waals surface area contributed by atoms with Crippen molar-refractivity contribution >= 4 is 64.0 Å². The molecule has 1 aliphatic heterocycles. The zero-order valence-corrected chi connectivity index (χ0v) is 20.8. The third-order valence-electron chi connectivity index (χ3n) is 5.29. The molecule has 0 saturated carbocycles. The Morgan fingerprint density at radius 2 is 1.57 bits per heavy atom. The second kappa shape index (κ2) is 10.7. The van der Waals surface area contributed by atoms with Crippen LogP contribution in [0.3, 0.4) is 0 Å². The minimum Gasteiger partial charge on any atom is -0.506 e. The van der Waals surface area contributed by atoms with Crippen molar-refractivity contribution in [1.29, 1.82) is 0 Å². The van der Waals surface area contributed by atoms with E-state index in [0.717, 1.165) is 4.90 Å². The summed E-state index contributed by atoms with van der Waals surface area (Å²) >= 11 is 12.1. The quantitative estimate of drug-likeness (QED) is 0.221. The van der Waals surface area contributed by atoms with Crippen molar-refractivity contribution in [2.45, 2.75) is 6.92 Å². The van der Waals surface area contributed by atoms with Crippen molar-refractivity contribution < 1.29 is 29.0 Å². The molecule has 0 aliphatic carbocycles. The largest absolute Gasteiger partial charge is 0.506 e. The molecular weight excluding hydrogens is 521 g/mol. The number of nitrogens with one attached hydrogen (secondary N) is 2. The van der Waals surface area contributed by atoms with Gasteiger partial charge in [-0.1, -0.05) is 23.2 Å². The van der Waals surface area contributed by atoms with E-state index in [1.165, 1.54) is 66.7 Å². The first-order chi connectivity index (χ1) is 17.7. The number of carbonyl (C=O) groups is 4. The number of aromatic hydroxyl groups is 1. The first kappa shape index (κ1) is 25.7. The highest BCUT2D eigenvalue weighted by Crippen LogP contribution is 2.31. The number of carbonyl (C=O) groups excluding carboxylic acids is 4. The number of hydrogen-bond acceptors (Lipinski definition) is 7. The Labute approximate surface area is 221 Å². The maximum atomic E-state index is 13.0. The van der Waals surface area contributed by atoms with Crippen LogP contribution < -0.4 is 15.5 Å². The van der Waals surface area contributed by atoms with Gasteiger partial charge in [0.2, 0.25) is 0 Å². The summed E-state index contributed by atoms with van der Waals surface area (Å²) in [6, 6.07) is 16.1. The van der Waals surface area contributed by atoms with Crippen molar-refractivity contribution in [2.24, 2.45) is 0 Å². The molecule has 0 aromatic heterocycles. The lowest BCUT2D eigenvalue weighted by molar-refractivity contribution is -0.120. The van der Waals surface area contributed by atoms with E-state index >= 15 is 0 Å². The third-order valence-corrected chi connectivity index (χ3v) is 5.87. The predicted molar refractivity (Wildman–Crippen MR) is 139 cm³/mol. The van der Waals surface area contributed by atoms with Crippen LogP contribution in [0.25, 0.3) is 0 Å². The fourth-order valence-corrected chi connectivity index (χ4v) is 3.84. The number of nitrogens with zero attached hydrogens (tertiary/aromatic N) is 1. The normalized spacial score (nSPS) is 13.1. The molecule has 0 radical (unpaired) electrons. The molecule has 0 atom stereocenters. The number of halogens is 2. The van der Waals surface area contributed by atoms with Crippen molar-refractivity contribution in [2.75, 3.05) is 22.1 Å². The molecule has 0 saturated heterocycles. The number of rotatable bonds is 7. The summed E-state index contributed by atoms with van der Waals surface area (Å²) < 4.78 is 4.93. The minimum absolute atomic E-state index is 0.137. The molecule has 3 aromatic rings. The number of benzene rings is 3. The van der Waals surface area contributed by atoms with Gasteiger partial charge in [-0.3, -0.25) is 14.4 Å². The predicted octanol–water partition coefficient (Wildman–Crippen LogP) is 4.91. The maximum absolute atomic E-state index is 13.0. The molecule has 37 heavy (non-hydrogen) atoms. The van der Waals surface area contributed by atoms with Crippen LogP contribution in [0.5, 0.6) is 5.75 Å². The van der Waals surface area contributed by atoms with E-state index in [2.05, 4.69) is 10.6 Å². The smallest absolute Gasteiger partial charge is 0.338 e. The van der Waals surface area contributed by atoms with Gasteiger partial charge < -0.3 is 20.5 Å². The van der Waals surface area contributed by atoms with Crippen molar-refractivity contribution in [1.82, 2.24) is 0 Å². The number of phenolic OH excluding ortho intramolecular Hbond substituents is 1. The number of imide groups is 1. The van der Waals surface area contributed by atoms with Gasteiger partial charge in [-0.15, -0.1) is 0 Å². The molecule has 4 rings (SSSR count). The van der Waals surface area contributed by atoms with Crippen LogP contribution in [0.2, 0.25) is 5.02 Å². The Balaban J connectivity index is 1.46. The first-order valence-electron chi connectivity index (χ1n) is 10.9.